The Bertz CT molecular complexity index is 1280. The third-order valence-electron chi connectivity index (χ3n) is 5.44. The molecule has 0 radical (unpaired) electrons. The van der Waals surface area contributed by atoms with Crippen molar-refractivity contribution in [1.82, 2.24) is 9.88 Å². The molecule has 0 saturated heterocycles. The van der Waals surface area contributed by atoms with Crippen molar-refractivity contribution in [1.29, 1.82) is 0 Å². The number of imide groups is 1. The zero-order chi connectivity index (χ0) is 23.1. The molecule has 1 N–H and O–H groups in total. The van der Waals surface area contributed by atoms with Gasteiger partial charge in [-0.25, -0.2) is 4.98 Å². The van der Waals surface area contributed by atoms with E-state index < -0.39 is 24.3 Å². The summed E-state index contributed by atoms with van der Waals surface area (Å²) in [4.78, 5) is 56.5. The number of amides is 4. The largest absolute Gasteiger partial charge is 0.482 e. The molecule has 5 rings (SSSR count). The lowest BCUT2D eigenvalue weighted by atomic mass is 10.1. The van der Waals surface area contributed by atoms with Crippen molar-refractivity contribution < 1.29 is 23.9 Å². The lowest BCUT2D eigenvalue weighted by Crippen LogP contribution is -2.38. The average Bonchev–Trinajstić information content (AvgIpc) is 3.38. The Hall–Kier alpha value is -4.05. The fourth-order valence-corrected chi connectivity index (χ4v) is 4.59. The number of hydrogen-bond acceptors (Lipinski definition) is 7. The molecule has 2 aliphatic rings. The first-order valence-electron chi connectivity index (χ1n) is 10.2. The first-order valence-corrected chi connectivity index (χ1v) is 11.1. The monoisotopic (exact) mass is 462 g/mol. The summed E-state index contributed by atoms with van der Waals surface area (Å²) in [6.07, 6.45) is 0. The maximum Gasteiger partial charge on any atom is 0.265 e. The Balaban J connectivity index is 1.30. The molecule has 2 aliphatic heterocycles. The zero-order valence-electron chi connectivity index (χ0n) is 17.5. The molecule has 33 heavy (non-hydrogen) atoms. The van der Waals surface area contributed by atoms with Gasteiger partial charge in [0.25, 0.3) is 17.7 Å². The maximum atomic E-state index is 12.5. The summed E-state index contributed by atoms with van der Waals surface area (Å²) in [5.74, 6) is -0.979. The summed E-state index contributed by atoms with van der Waals surface area (Å²) in [7, 11) is 0. The normalized spacial score (nSPS) is 14.8. The fraction of sp³-hybridized carbons (Fsp3) is 0.174. The number of hydrogen-bond donors (Lipinski definition) is 1. The van der Waals surface area contributed by atoms with E-state index in [2.05, 4.69) is 10.3 Å². The van der Waals surface area contributed by atoms with Gasteiger partial charge in [-0.1, -0.05) is 12.1 Å². The minimum absolute atomic E-state index is 0.0141. The molecule has 0 unspecified atom stereocenters. The lowest BCUT2D eigenvalue weighted by molar-refractivity contribution is -0.121. The predicted molar refractivity (Wildman–Crippen MR) is 122 cm³/mol. The van der Waals surface area contributed by atoms with Crippen LogP contribution in [0.4, 0.5) is 10.8 Å². The Kier molecular flexibility index (Phi) is 5.14. The quantitative estimate of drug-likeness (QED) is 0.584. The number of nitrogens with one attached hydrogen (secondary N) is 1. The molecular weight excluding hydrogens is 444 g/mol. The number of aromatic nitrogens is 1. The number of thiazole rings is 1. The standard InChI is InChI=1S/C23H18N4O5S/c1-2-26-17-9-13(7-8-18(17)32-11-20(26)29)16-12-33-23(24-16)25-19(28)10-27-21(30)14-5-3-4-6-15(14)22(27)31/h3-9,12H,2,10-11H2,1H3,(H,24,25,28). The van der Waals surface area contributed by atoms with Gasteiger partial charge < -0.3 is 15.0 Å². The van der Waals surface area contributed by atoms with Gasteiger partial charge in [0.1, 0.15) is 12.3 Å². The van der Waals surface area contributed by atoms with Gasteiger partial charge in [-0.3, -0.25) is 24.1 Å². The first-order chi connectivity index (χ1) is 16.0. The summed E-state index contributed by atoms with van der Waals surface area (Å²) in [5.41, 5.74) is 2.65. The van der Waals surface area contributed by atoms with Crippen LogP contribution in [0.3, 0.4) is 0 Å². The van der Waals surface area contributed by atoms with Crippen molar-refractivity contribution >= 4 is 45.8 Å². The maximum absolute atomic E-state index is 12.5. The van der Waals surface area contributed by atoms with Crippen LogP contribution in [0.2, 0.25) is 0 Å². The summed E-state index contributed by atoms with van der Waals surface area (Å²) < 4.78 is 5.49. The number of rotatable bonds is 5. The van der Waals surface area contributed by atoms with E-state index in [-0.39, 0.29) is 12.5 Å². The van der Waals surface area contributed by atoms with Crippen molar-refractivity contribution in [3.63, 3.8) is 0 Å². The number of benzene rings is 2. The van der Waals surface area contributed by atoms with Crippen LogP contribution in [-0.2, 0) is 9.59 Å². The number of likely N-dealkylation sites (N-methyl/N-ethyl adjacent to an activating group) is 1. The molecule has 2 aromatic carbocycles. The molecular formula is C23H18N4O5S. The molecule has 9 nitrogen and oxygen atoms in total. The smallest absolute Gasteiger partial charge is 0.265 e. The van der Waals surface area contributed by atoms with E-state index in [1.54, 1.807) is 40.6 Å². The highest BCUT2D eigenvalue weighted by atomic mass is 32.1. The number of anilines is 2. The highest BCUT2D eigenvalue weighted by Gasteiger charge is 2.36. The molecule has 166 valence electrons. The fourth-order valence-electron chi connectivity index (χ4n) is 3.86. The zero-order valence-corrected chi connectivity index (χ0v) is 18.3. The molecule has 4 amide bonds. The minimum atomic E-state index is -0.521. The summed E-state index contributed by atoms with van der Waals surface area (Å²) in [6.45, 7) is 2.03. The summed E-state index contributed by atoms with van der Waals surface area (Å²) >= 11 is 1.22. The molecule has 3 aromatic rings. The van der Waals surface area contributed by atoms with Crippen LogP contribution in [0.15, 0.2) is 47.8 Å². The van der Waals surface area contributed by atoms with Crippen LogP contribution >= 0.6 is 11.3 Å². The van der Waals surface area contributed by atoms with Crippen molar-refractivity contribution in [3.05, 3.63) is 59.0 Å². The van der Waals surface area contributed by atoms with Crippen LogP contribution in [0.5, 0.6) is 5.75 Å². The second-order valence-electron chi connectivity index (χ2n) is 7.44. The lowest BCUT2D eigenvalue weighted by Gasteiger charge is -2.28. The Morgan fingerprint density at radius 2 is 1.82 bits per heavy atom. The van der Waals surface area contributed by atoms with Crippen molar-refractivity contribution in [3.8, 4) is 17.0 Å². The molecule has 0 saturated carbocycles. The third-order valence-corrected chi connectivity index (χ3v) is 6.20. The number of nitrogens with zero attached hydrogens (tertiary/aromatic N) is 3. The van der Waals surface area contributed by atoms with Gasteiger partial charge in [-0.2, -0.15) is 0 Å². The van der Waals surface area contributed by atoms with E-state index in [1.807, 2.05) is 19.1 Å². The van der Waals surface area contributed by atoms with Crippen molar-refractivity contribution in [2.75, 3.05) is 29.9 Å². The molecule has 1 aromatic heterocycles. The topological polar surface area (TPSA) is 109 Å². The minimum Gasteiger partial charge on any atom is -0.482 e. The number of fused-ring (bicyclic) bond motifs is 2. The van der Waals surface area contributed by atoms with E-state index in [0.29, 0.717) is 39.9 Å². The van der Waals surface area contributed by atoms with Crippen LogP contribution in [-0.4, -0.2) is 53.2 Å². The molecule has 3 heterocycles. The molecule has 0 atom stereocenters. The number of carbonyl (C=O) groups excluding carboxylic acids is 4. The summed E-state index contributed by atoms with van der Waals surface area (Å²) in [5, 5.41) is 4.77. The van der Waals surface area contributed by atoms with Crippen molar-refractivity contribution in [2.45, 2.75) is 6.92 Å². The van der Waals surface area contributed by atoms with Crippen LogP contribution in [0.1, 0.15) is 27.6 Å². The predicted octanol–water partition coefficient (Wildman–Crippen LogP) is 2.79. The SMILES string of the molecule is CCN1C(=O)COc2ccc(-c3csc(NC(=O)CN4C(=O)c5ccccc5C4=O)n3)cc21. The van der Waals surface area contributed by atoms with Crippen LogP contribution < -0.4 is 15.0 Å². The van der Waals surface area contributed by atoms with Gasteiger partial charge in [0.05, 0.1) is 22.5 Å². The van der Waals surface area contributed by atoms with E-state index >= 15 is 0 Å². The van der Waals surface area contributed by atoms with Gasteiger partial charge >= 0.3 is 0 Å². The molecule has 0 spiro atoms. The number of ether oxygens (including phenoxy) is 1. The molecule has 0 fully saturated rings. The van der Waals surface area contributed by atoms with Crippen LogP contribution in [0, 0.1) is 0 Å². The third kappa shape index (κ3) is 3.64. The average molecular weight is 462 g/mol. The van der Waals surface area contributed by atoms with Gasteiger partial charge in [0.15, 0.2) is 11.7 Å². The van der Waals surface area contributed by atoms with E-state index in [9.17, 15) is 19.2 Å². The highest BCUT2D eigenvalue weighted by molar-refractivity contribution is 7.14. The second-order valence-corrected chi connectivity index (χ2v) is 8.30. The van der Waals surface area contributed by atoms with Gasteiger partial charge in [0, 0.05) is 17.5 Å². The van der Waals surface area contributed by atoms with E-state index in [1.165, 1.54) is 11.3 Å². The summed E-state index contributed by atoms with van der Waals surface area (Å²) in [6, 6.07) is 11.9. The van der Waals surface area contributed by atoms with Gasteiger partial charge in [-0.15, -0.1) is 11.3 Å². The molecule has 0 bridgehead atoms. The number of carbonyl (C=O) groups is 4. The Morgan fingerprint density at radius 1 is 1.09 bits per heavy atom. The molecule has 10 heteroatoms. The van der Waals surface area contributed by atoms with Gasteiger partial charge in [0.2, 0.25) is 5.91 Å². The Labute approximate surface area is 192 Å². The Morgan fingerprint density at radius 3 is 2.52 bits per heavy atom. The second kappa shape index (κ2) is 8.14. The van der Waals surface area contributed by atoms with Gasteiger partial charge in [-0.05, 0) is 37.3 Å². The van der Waals surface area contributed by atoms with E-state index in [4.69, 9.17) is 4.74 Å². The first kappa shape index (κ1) is 20.8. The highest BCUT2D eigenvalue weighted by Crippen LogP contribution is 2.36. The molecule has 0 aliphatic carbocycles. The van der Waals surface area contributed by atoms with Crippen LogP contribution in [0.25, 0.3) is 11.3 Å². The van der Waals surface area contributed by atoms with E-state index in [0.717, 1.165) is 10.5 Å². The van der Waals surface area contributed by atoms with Crippen molar-refractivity contribution in [2.24, 2.45) is 0 Å².